The monoisotopic (exact) mass is 295 g/mol. The van der Waals surface area contributed by atoms with Gasteiger partial charge in [-0.25, -0.2) is 12.8 Å². The molecule has 0 aliphatic carbocycles. The summed E-state index contributed by atoms with van der Waals surface area (Å²) in [6, 6.07) is 10.4. The van der Waals surface area contributed by atoms with Crippen molar-refractivity contribution in [3.05, 3.63) is 53.8 Å². The first kappa shape index (κ1) is 14.3. The zero-order valence-electron chi connectivity index (χ0n) is 11.1. The second-order valence-corrected chi connectivity index (χ2v) is 5.89. The number of aryl methyl sites for hydroxylation is 1. The molecule has 0 saturated carbocycles. The molecule has 20 heavy (non-hydrogen) atoms. The highest BCUT2D eigenvalue weighted by Crippen LogP contribution is 2.26. The first-order valence-electron chi connectivity index (χ1n) is 5.86. The minimum Gasteiger partial charge on any atom is -0.495 e. The number of hydrogen-bond acceptors (Lipinski definition) is 3. The third-order valence-corrected chi connectivity index (χ3v) is 4.13. The molecule has 106 valence electrons. The van der Waals surface area contributed by atoms with Gasteiger partial charge in [0, 0.05) is 0 Å². The van der Waals surface area contributed by atoms with Crippen molar-refractivity contribution in [3.63, 3.8) is 0 Å². The van der Waals surface area contributed by atoms with Gasteiger partial charge in [-0.15, -0.1) is 0 Å². The van der Waals surface area contributed by atoms with Crippen molar-refractivity contribution in [1.29, 1.82) is 0 Å². The average Bonchev–Trinajstić information content (AvgIpc) is 2.42. The van der Waals surface area contributed by atoms with Crippen molar-refractivity contribution in [2.24, 2.45) is 0 Å². The van der Waals surface area contributed by atoms with Gasteiger partial charge in [-0.1, -0.05) is 18.2 Å². The summed E-state index contributed by atoms with van der Waals surface area (Å²) in [4.78, 5) is -0.0394. The molecule has 0 unspecified atom stereocenters. The van der Waals surface area contributed by atoms with Crippen molar-refractivity contribution < 1.29 is 17.5 Å². The largest absolute Gasteiger partial charge is 0.495 e. The number of halogens is 1. The predicted molar refractivity (Wildman–Crippen MR) is 74.9 cm³/mol. The SMILES string of the molecule is COc1ccccc1S(=O)(=O)Nc1ccc(C)cc1F. The maximum absolute atomic E-state index is 13.7. The van der Waals surface area contributed by atoms with E-state index in [9.17, 15) is 12.8 Å². The van der Waals surface area contributed by atoms with E-state index in [-0.39, 0.29) is 16.3 Å². The number of sulfonamides is 1. The van der Waals surface area contributed by atoms with E-state index in [1.165, 1.54) is 31.4 Å². The summed E-state index contributed by atoms with van der Waals surface area (Å²) in [6.07, 6.45) is 0. The molecule has 0 atom stereocenters. The van der Waals surface area contributed by atoms with Gasteiger partial charge < -0.3 is 4.74 Å². The fraction of sp³-hybridized carbons (Fsp3) is 0.143. The van der Waals surface area contributed by atoms with E-state index >= 15 is 0 Å². The van der Waals surface area contributed by atoms with Crippen LogP contribution in [0.15, 0.2) is 47.4 Å². The van der Waals surface area contributed by atoms with Crippen molar-refractivity contribution in [2.45, 2.75) is 11.8 Å². The van der Waals surface area contributed by atoms with Gasteiger partial charge in [-0.05, 0) is 36.8 Å². The molecule has 4 nitrogen and oxygen atoms in total. The van der Waals surface area contributed by atoms with Gasteiger partial charge in [-0.3, -0.25) is 4.72 Å². The third kappa shape index (κ3) is 2.91. The second kappa shape index (κ2) is 5.50. The van der Waals surface area contributed by atoms with E-state index in [2.05, 4.69) is 4.72 Å². The molecule has 1 N–H and O–H groups in total. The van der Waals surface area contributed by atoms with Crippen LogP contribution >= 0.6 is 0 Å². The quantitative estimate of drug-likeness (QED) is 0.943. The number of para-hydroxylation sites is 1. The fourth-order valence-electron chi connectivity index (χ4n) is 1.74. The molecule has 0 bridgehead atoms. The van der Waals surface area contributed by atoms with Gasteiger partial charge in [0.1, 0.15) is 16.5 Å². The first-order valence-corrected chi connectivity index (χ1v) is 7.34. The molecule has 0 fully saturated rings. The van der Waals surface area contributed by atoms with Crippen LogP contribution in [0.5, 0.6) is 5.75 Å². The smallest absolute Gasteiger partial charge is 0.265 e. The lowest BCUT2D eigenvalue weighted by Crippen LogP contribution is -2.15. The number of anilines is 1. The Morgan fingerprint density at radius 3 is 2.50 bits per heavy atom. The minimum atomic E-state index is -3.91. The number of methoxy groups -OCH3 is 1. The number of benzene rings is 2. The lowest BCUT2D eigenvalue weighted by molar-refractivity contribution is 0.403. The number of rotatable bonds is 4. The molecule has 0 amide bonds. The summed E-state index contributed by atoms with van der Waals surface area (Å²) < 4.78 is 45.5. The van der Waals surface area contributed by atoms with E-state index in [4.69, 9.17) is 4.74 Å². The molecular formula is C14H14FNO3S. The molecule has 2 aromatic rings. The van der Waals surface area contributed by atoms with Crippen LogP contribution in [0.1, 0.15) is 5.56 Å². The van der Waals surface area contributed by atoms with Crippen molar-refractivity contribution in [2.75, 3.05) is 11.8 Å². The second-order valence-electron chi connectivity index (χ2n) is 4.24. The average molecular weight is 295 g/mol. The number of ether oxygens (including phenoxy) is 1. The number of hydrogen-bond donors (Lipinski definition) is 1. The first-order chi connectivity index (χ1) is 9.44. The Labute approximate surface area is 117 Å². The highest BCUT2D eigenvalue weighted by Gasteiger charge is 2.20. The van der Waals surface area contributed by atoms with Crippen LogP contribution in [0.25, 0.3) is 0 Å². The molecule has 6 heteroatoms. The molecule has 0 aliphatic rings. The van der Waals surface area contributed by atoms with Crippen LogP contribution in [0.2, 0.25) is 0 Å². The van der Waals surface area contributed by atoms with Gasteiger partial charge in [0.05, 0.1) is 12.8 Å². The molecule has 0 spiro atoms. The Morgan fingerprint density at radius 1 is 1.15 bits per heavy atom. The summed E-state index contributed by atoms with van der Waals surface area (Å²) in [6.45, 7) is 1.72. The molecule has 0 heterocycles. The van der Waals surface area contributed by atoms with E-state index in [1.807, 2.05) is 0 Å². The Hall–Kier alpha value is -2.08. The zero-order valence-corrected chi connectivity index (χ0v) is 11.9. The zero-order chi connectivity index (χ0) is 14.8. The lowest BCUT2D eigenvalue weighted by Gasteiger charge is -2.12. The summed E-state index contributed by atoms with van der Waals surface area (Å²) in [5.74, 6) is -0.420. The molecule has 2 aromatic carbocycles. The highest BCUT2D eigenvalue weighted by molar-refractivity contribution is 7.92. The predicted octanol–water partition coefficient (Wildman–Crippen LogP) is 2.94. The third-order valence-electron chi connectivity index (χ3n) is 2.73. The summed E-state index contributed by atoms with van der Waals surface area (Å²) in [5, 5.41) is 0. The van der Waals surface area contributed by atoms with E-state index in [1.54, 1.807) is 25.1 Å². The Morgan fingerprint density at radius 2 is 1.85 bits per heavy atom. The summed E-state index contributed by atoms with van der Waals surface area (Å²) in [7, 11) is -2.53. The van der Waals surface area contributed by atoms with Gasteiger partial charge >= 0.3 is 0 Å². The summed E-state index contributed by atoms with van der Waals surface area (Å²) in [5.41, 5.74) is 0.615. The van der Waals surface area contributed by atoms with Crippen LogP contribution in [0, 0.1) is 12.7 Å². The molecule has 0 aliphatic heterocycles. The van der Waals surface area contributed by atoms with Gasteiger partial charge in [0.2, 0.25) is 0 Å². The van der Waals surface area contributed by atoms with Gasteiger partial charge in [0.25, 0.3) is 10.0 Å². The highest BCUT2D eigenvalue weighted by atomic mass is 32.2. The lowest BCUT2D eigenvalue weighted by atomic mass is 10.2. The van der Waals surface area contributed by atoms with E-state index in [0.717, 1.165) is 0 Å². The minimum absolute atomic E-state index is 0.0394. The number of nitrogens with one attached hydrogen (secondary N) is 1. The van der Waals surface area contributed by atoms with Crippen molar-refractivity contribution in [3.8, 4) is 5.75 Å². The van der Waals surface area contributed by atoms with Crippen LogP contribution in [0.4, 0.5) is 10.1 Å². The topological polar surface area (TPSA) is 55.4 Å². The van der Waals surface area contributed by atoms with Crippen LogP contribution in [-0.4, -0.2) is 15.5 Å². The van der Waals surface area contributed by atoms with Gasteiger partial charge in [0.15, 0.2) is 0 Å². The maximum atomic E-state index is 13.7. The van der Waals surface area contributed by atoms with Crippen molar-refractivity contribution in [1.82, 2.24) is 0 Å². The molecule has 0 aromatic heterocycles. The fourth-order valence-corrected chi connectivity index (χ4v) is 2.98. The Bertz CT molecular complexity index is 729. The van der Waals surface area contributed by atoms with Crippen molar-refractivity contribution >= 4 is 15.7 Å². The molecule has 2 rings (SSSR count). The summed E-state index contributed by atoms with van der Waals surface area (Å²) >= 11 is 0. The Kier molecular flexibility index (Phi) is 3.94. The maximum Gasteiger partial charge on any atom is 0.265 e. The van der Waals surface area contributed by atoms with E-state index < -0.39 is 15.8 Å². The molecule has 0 radical (unpaired) electrons. The molecular weight excluding hydrogens is 281 g/mol. The van der Waals surface area contributed by atoms with Crippen LogP contribution in [-0.2, 0) is 10.0 Å². The van der Waals surface area contributed by atoms with E-state index in [0.29, 0.717) is 5.56 Å². The molecule has 0 saturated heterocycles. The van der Waals surface area contributed by atoms with Gasteiger partial charge in [-0.2, -0.15) is 0 Å². The normalized spacial score (nSPS) is 11.2. The van der Waals surface area contributed by atoms with Crippen LogP contribution in [0.3, 0.4) is 0 Å². The standard InChI is InChI=1S/C14H14FNO3S/c1-10-7-8-12(11(15)9-10)16-20(17,18)14-6-4-3-5-13(14)19-2/h3-9,16H,1-2H3. The van der Waals surface area contributed by atoms with Crippen LogP contribution < -0.4 is 9.46 Å². The Balaban J connectivity index is 2.41.